The third-order valence-electron chi connectivity index (χ3n) is 2.79. The van der Waals surface area contributed by atoms with Crippen molar-refractivity contribution in [2.24, 2.45) is 0 Å². The van der Waals surface area contributed by atoms with Crippen LogP contribution in [0.15, 0.2) is 22.8 Å². The van der Waals surface area contributed by atoms with E-state index in [1.165, 1.54) is 11.2 Å². The maximum Gasteiger partial charge on any atom is 0.330 e. The Kier molecular flexibility index (Phi) is 3.99. The van der Waals surface area contributed by atoms with Gasteiger partial charge in [-0.3, -0.25) is 4.79 Å². The fourth-order valence-electron chi connectivity index (χ4n) is 1.94. The Labute approximate surface area is 105 Å². The van der Waals surface area contributed by atoms with Gasteiger partial charge in [-0.2, -0.15) is 0 Å². The smallest absolute Gasteiger partial charge is 0.330 e. The summed E-state index contributed by atoms with van der Waals surface area (Å²) < 4.78 is 10.0. The Morgan fingerprint density at radius 2 is 2.44 bits per heavy atom. The first-order valence-corrected chi connectivity index (χ1v) is 5.96. The van der Waals surface area contributed by atoms with Gasteiger partial charge in [0, 0.05) is 19.6 Å². The molecule has 1 saturated heterocycles. The number of esters is 1. The Hall–Kier alpha value is -1.82. The summed E-state index contributed by atoms with van der Waals surface area (Å²) in [5.74, 6) is -0.421. The number of piperazine rings is 1. The van der Waals surface area contributed by atoms with Crippen LogP contribution in [-0.2, 0) is 9.53 Å². The first-order valence-electron chi connectivity index (χ1n) is 5.96. The van der Waals surface area contributed by atoms with Gasteiger partial charge in [-0.25, -0.2) is 4.79 Å². The van der Waals surface area contributed by atoms with Gasteiger partial charge < -0.3 is 19.4 Å². The Balaban J connectivity index is 2.12. The van der Waals surface area contributed by atoms with E-state index in [0.717, 1.165) is 0 Å². The molecule has 0 radical (unpaired) electrons. The van der Waals surface area contributed by atoms with Crippen LogP contribution >= 0.6 is 0 Å². The quantitative estimate of drug-likeness (QED) is 0.781. The minimum absolute atomic E-state index is 0.242. The van der Waals surface area contributed by atoms with Crippen molar-refractivity contribution in [1.82, 2.24) is 10.2 Å². The van der Waals surface area contributed by atoms with E-state index in [1.54, 1.807) is 19.1 Å². The summed E-state index contributed by atoms with van der Waals surface area (Å²) in [6.45, 7) is 3.57. The summed E-state index contributed by atoms with van der Waals surface area (Å²) in [5, 5.41) is 3.08. The van der Waals surface area contributed by atoms with E-state index in [0.29, 0.717) is 26.2 Å². The number of carbonyl (C=O) groups excluding carboxylic acids is 2. The summed E-state index contributed by atoms with van der Waals surface area (Å²) >= 11 is 0. The maximum absolute atomic E-state index is 12.2. The number of ether oxygens (including phenoxy) is 1. The lowest BCUT2D eigenvalue weighted by Crippen LogP contribution is -2.57. The lowest BCUT2D eigenvalue weighted by Gasteiger charge is -2.33. The molecule has 1 aromatic heterocycles. The number of rotatable bonds is 3. The summed E-state index contributed by atoms with van der Waals surface area (Å²) in [5.41, 5.74) is 0. The predicted molar refractivity (Wildman–Crippen MR) is 63.0 cm³/mol. The number of amides is 1. The normalized spacial score (nSPS) is 19.6. The van der Waals surface area contributed by atoms with Gasteiger partial charge in [-0.05, 0) is 19.1 Å². The van der Waals surface area contributed by atoms with Crippen LogP contribution in [0.3, 0.4) is 0 Å². The van der Waals surface area contributed by atoms with Crippen molar-refractivity contribution < 1.29 is 18.7 Å². The molecule has 98 valence electrons. The summed E-state index contributed by atoms with van der Waals surface area (Å²) in [6.07, 6.45) is 1.44. The fourth-order valence-corrected chi connectivity index (χ4v) is 1.94. The van der Waals surface area contributed by atoms with Crippen LogP contribution in [0.1, 0.15) is 17.5 Å². The molecular weight excluding hydrogens is 236 g/mol. The van der Waals surface area contributed by atoms with Crippen LogP contribution in [-0.4, -0.2) is 49.1 Å². The van der Waals surface area contributed by atoms with Gasteiger partial charge in [0.2, 0.25) is 0 Å². The van der Waals surface area contributed by atoms with E-state index in [1.807, 2.05) is 0 Å². The molecule has 6 nitrogen and oxygen atoms in total. The number of hydrogen-bond acceptors (Lipinski definition) is 5. The lowest BCUT2D eigenvalue weighted by molar-refractivity contribution is -0.149. The topological polar surface area (TPSA) is 71.8 Å². The van der Waals surface area contributed by atoms with Crippen molar-refractivity contribution in [3.63, 3.8) is 0 Å². The molecule has 0 aliphatic carbocycles. The summed E-state index contributed by atoms with van der Waals surface area (Å²) in [4.78, 5) is 25.5. The molecule has 0 saturated carbocycles. The van der Waals surface area contributed by atoms with Crippen LogP contribution in [0.2, 0.25) is 0 Å². The highest BCUT2D eigenvalue weighted by atomic mass is 16.5. The highest BCUT2D eigenvalue weighted by Gasteiger charge is 2.34. The molecule has 1 aliphatic heterocycles. The van der Waals surface area contributed by atoms with Gasteiger partial charge in [0.1, 0.15) is 6.04 Å². The van der Waals surface area contributed by atoms with Crippen molar-refractivity contribution >= 4 is 11.9 Å². The third-order valence-corrected chi connectivity index (χ3v) is 2.79. The van der Waals surface area contributed by atoms with Crippen molar-refractivity contribution in [2.75, 3.05) is 26.2 Å². The average molecular weight is 252 g/mol. The van der Waals surface area contributed by atoms with E-state index in [2.05, 4.69) is 5.32 Å². The van der Waals surface area contributed by atoms with Gasteiger partial charge in [-0.1, -0.05) is 0 Å². The van der Waals surface area contributed by atoms with Crippen LogP contribution in [0, 0.1) is 0 Å². The fraction of sp³-hybridized carbons (Fsp3) is 0.500. The number of nitrogens with zero attached hydrogens (tertiary/aromatic N) is 1. The molecule has 1 atom stereocenters. The largest absolute Gasteiger partial charge is 0.464 e. The highest BCUT2D eigenvalue weighted by molar-refractivity contribution is 5.94. The Morgan fingerprint density at radius 1 is 1.61 bits per heavy atom. The lowest BCUT2D eigenvalue weighted by atomic mass is 10.2. The average Bonchev–Trinajstić information content (AvgIpc) is 2.92. The van der Waals surface area contributed by atoms with E-state index in [-0.39, 0.29) is 17.6 Å². The molecule has 2 rings (SSSR count). The van der Waals surface area contributed by atoms with Gasteiger partial charge in [0.25, 0.3) is 5.91 Å². The van der Waals surface area contributed by atoms with E-state index in [4.69, 9.17) is 9.15 Å². The molecular formula is C12H16N2O4. The molecule has 1 fully saturated rings. The molecule has 0 aromatic carbocycles. The maximum atomic E-state index is 12.2. The monoisotopic (exact) mass is 252 g/mol. The summed E-state index contributed by atoms with van der Waals surface area (Å²) in [7, 11) is 0. The number of carbonyl (C=O) groups is 2. The predicted octanol–water partition coefficient (Wildman–Crippen LogP) is 0.257. The molecule has 1 aliphatic rings. The SMILES string of the molecule is CCOC(=O)C1CNCCN1C(=O)c1ccco1. The number of nitrogens with one attached hydrogen (secondary N) is 1. The first kappa shape index (κ1) is 12.6. The van der Waals surface area contributed by atoms with E-state index >= 15 is 0 Å². The number of furan rings is 1. The zero-order valence-corrected chi connectivity index (χ0v) is 10.2. The van der Waals surface area contributed by atoms with Crippen LogP contribution < -0.4 is 5.32 Å². The molecule has 2 heterocycles. The standard InChI is InChI=1S/C12H16N2O4/c1-2-17-12(16)9-8-13-5-6-14(9)11(15)10-4-3-7-18-10/h3-4,7,9,13H,2,5-6,8H2,1H3. The second kappa shape index (κ2) is 5.68. The second-order valence-electron chi connectivity index (χ2n) is 3.95. The van der Waals surface area contributed by atoms with Gasteiger partial charge in [0.05, 0.1) is 12.9 Å². The van der Waals surface area contributed by atoms with Gasteiger partial charge in [-0.15, -0.1) is 0 Å². The van der Waals surface area contributed by atoms with Gasteiger partial charge >= 0.3 is 5.97 Å². The van der Waals surface area contributed by atoms with Crippen molar-refractivity contribution in [3.8, 4) is 0 Å². The van der Waals surface area contributed by atoms with Crippen molar-refractivity contribution in [2.45, 2.75) is 13.0 Å². The highest BCUT2D eigenvalue weighted by Crippen LogP contribution is 2.12. The third kappa shape index (κ3) is 2.53. The minimum atomic E-state index is -0.587. The van der Waals surface area contributed by atoms with Gasteiger partial charge in [0.15, 0.2) is 5.76 Å². The molecule has 1 unspecified atom stereocenters. The van der Waals surface area contributed by atoms with Crippen LogP contribution in [0.4, 0.5) is 0 Å². The Bertz CT molecular complexity index is 416. The van der Waals surface area contributed by atoms with Crippen molar-refractivity contribution in [1.29, 1.82) is 0 Å². The first-order chi connectivity index (χ1) is 8.74. The van der Waals surface area contributed by atoms with Crippen LogP contribution in [0.5, 0.6) is 0 Å². The molecule has 18 heavy (non-hydrogen) atoms. The van der Waals surface area contributed by atoms with E-state index < -0.39 is 6.04 Å². The van der Waals surface area contributed by atoms with Crippen LogP contribution in [0.25, 0.3) is 0 Å². The minimum Gasteiger partial charge on any atom is -0.464 e. The number of hydrogen-bond donors (Lipinski definition) is 1. The molecule has 0 spiro atoms. The molecule has 1 aromatic rings. The van der Waals surface area contributed by atoms with Crippen molar-refractivity contribution in [3.05, 3.63) is 24.2 Å². The molecule has 0 bridgehead atoms. The van der Waals surface area contributed by atoms with E-state index in [9.17, 15) is 9.59 Å². The Morgan fingerprint density at radius 3 is 3.11 bits per heavy atom. The second-order valence-corrected chi connectivity index (χ2v) is 3.95. The molecule has 1 N–H and O–H groups in total. The molecule has 1 amide bonds. The zero-order chi connectivity index (χ0) is 13.0. The summed E-state index contributed by atoms with van der Waals surface area (Å²) in [6, 6.07) is 2.65. The molecule has 6 heteroatoms. The zero-order valence-electron chi connectivity index (χ0n) is 10.2.